The molecule has 0 saturated carbocycles. The highest BCUT2D eigenvalue weighted by Crippen LogP contribution is 2.16. The second kappa shape index (κ2) is 6.98. The minimum atomic E-state index is -0.472. The maximum Gasteiger partial charge on any atom is 0.337 e. The van der Waals surface area contributed by atoms with Crippen molar-refractivity contribution in [2.24, 2.45) is 5.10 Å². The monoisotopic (exact) mass is 299 g/mol. The molecule has 0 aliphatic carbocycles. The minimum Gasteiger partial charge on any atom is -0.465 e. The number of nitrogens with zero attached hydrogens (tertiary/aromatic N) is 2. The molecule has 112 valence electrons. The lowest BCUT2D eigenvalue weighted by Crippen LogP contribution is -2.00. The summed E-state index contributed by atoms with van der Waals surface area (Å²) in [6, 6.07) is 12.7. The number of carbonyl (C=O) groups is 1. The van der Waals surface area contributed by atoms with Gasteiger partial charge in [0.1, 0.15) is 0 Å². The van der Waals surface area contributed by atoms with E-state index in [4.69, 9.17) is 0 Å². The van der Waals surface area contributed by atoms with Crippen LogP contribution in [0.1, 0.15) is 15.9 Å². The Morgan fingerprint density at radius 3 is 2.64 bits per heavy atom. The lowest BCUT2D eigenvalue weighted by molar-refractivity contribution is -0.384. The first kappa shape index (κ1) is 15.2. The summed E-state index contributed by atoms with van der Waals surface area (Å²) in [5, 5.41) is 14.7. The van der Waals surface area contributed by atoms with Crippen LogP contribution in [0.15, 0.2) is 53.6 Å². The molecular weight excluding hydrogens is 286 g/mol. The van der Waals surface area contributed by atoms with E-state index in [1.807, 2.05) is 0 Å². The predicted octanol–water partition coefficient (Wildman–Crippen LogP) is 2.83. The third-order valence-corrected chi connectivity index (χ3v) is 2.80. The highest BCUT2D eigenvalue weighted by molar-refractivity contribution is 5.90. The molecule has 1 N–H and O–H groups in total. The van der Waals surface area contributed by atoms with Crippen molar-refractivity contribution in [3.63, 3.8) is 0 Å². The molecule has 2 aromatic carbocycles. The average Bonchev–Trinajstić information content (AvgIpc) is 2.55. The van der Waals surface area contributed by atoms with E-state index >= 15 is 0 Å². The Hall–Kier alpha value is -3.22. The fourth-order valence-electron chi connectivity index (χ4n) is 1.69. The number of ether oxygens (including phenoxy) is 1. The molecule has 0 aliphatic heterocycles. The zero-order chi connectivity index (χ0) is 15.9. The van der Waals surface area contributed by atoms with Crippen LogP contribution in [0.5, 0.6) is 0 Å². The van der Waals surface area contributed by atoms with Crippen LogP contribution >= 0.6 is 0 Å². The van der Waals surface area contributed by atoms with Crippen LogP contribution in [0.4, 0.5) is 11.4 Å². The van der Waals surface area contributed by atoms with Crippen LogP contribution in [0.3, 0.4) is 0 Å². The van der Waals surface area contributed by atoms with E-state index in [9.17, 15) is 14.9 Å². The largest absolute Gasteiger partial charge is 0.465 e. The molecule has 0 radical (unpaired) electrons. The van der Waals surface area contributed by atoms with E-state index in [1.165, 1.54) is 19.2 Å². The molecule has 2 rings (SSSR count). The number of hydrazone groups is 1. The van der Waals surface area contributed by atoms with E-state index in [1.54, 1.807) is 42.6 Å². The van der Waals surface area contributed by atoms with Crippen molar-refractivity contribution in [3.05, 3.63) is 69.8 Å². The second-order valence-electron chi connectivity index (χ2n) is 4.29. The number of nitro groups is 1. The molecule has 0 fully saturated rings. The predicted molar refractivity (Wildman–Crippen MR) is 82.1 cm³/mol. The van der Waals surface area contributed by atoms with E-state index in [2.05, 4.69) is 15.3 Å². The van der Waals surface area contributed by atoms with Gasteiger partial charge in [-0.15, -0.1) is 0 Å². The average molecular weight is 299 g/mol. The Morgan fingerprint density at radius 1 is 1.27 bits per heavy atom. The first-order chi connectivity index (χ1) is 10.6. The fourth-order valence-corrected chi connectivity index (χ4v) is 1.69. The normalized spacial score (nSPS) is 10.4. The number of rotatable bonds is 5. The van der Waals surface area contributed by atoms with Gasteiger partial charge in [0.2, 0.25) is 0 Å². The molecule has 0 heterocycles. The van der Waals surface area contributed by atoms with Crippen LogP contribution in [-0.2, 0) is 4.74 Å². The van der Waals surface area contributed by atoms with Crippen molar-refractivity contribution in [1.82, 2.24) is 0 Å². The lowest BCUT2D eigenvalue weighted by Gasteiger charge is -2.01. The Bertz CT molecular complexity index is 711. The SMILES string of the molecule is COC(=O)c1ccc(C=NNc2cccc([N+](=O)[O-])c2)cc1. The van der Waals surface area contributed by atoms with Gasteiger partial charge in [-0.25, -0.2) is 4.79 Å². The smallest absolute Gasteiger partial charge is 0.337 e. The van der Waals surface area contributed by atoms with Gasteiger partial charge >= 0.3 is 5.97 Å². The van der Waals surface area contributed by atoms with Gasteiger partial charge in [0, 0.05) is 12.1 Å². The van der Waals surface area contributed by atoms with E-state index in [-0.39, 0.29) is 5.69 Å². The fraction of sp³-hybridized carbons (Fsp3) is 0.0667. The molecule has 7 nitrogen and oxygen atoms in total. The molecule has 0 bridgehead atoms. The number of hydrogen-bond donors (Lipinski definition) is 1. The standard InChI is InChI=1S/C15H13N3O4/c1-22-15(19)12-7-5-11(6-8-12)10-16-17-13-3-2-4-14(9-13)18(20)21/h2-10,17H,1H3. The van der Waals surface area contributed by atoms with Crippen molar-refractivity contribution in [2.75, 3.05) is 12.5 Å². The molecule has 0 aromatic heterocycles. The van der Waals surface area contributed by atoms with Crippen molar-refractivity contribution in [3.8, 4) is 0 Å². The zero-order valence-corrected chi connectivity index (χ0v) is 11.7. The molecule has 0 unspecified atom stereocenters. The van der Waals surface area contributed by atoms with Crippen LogP contribution in [0, 0.1) is 10.1 Å². The molecule has 7 heteroatoms. The van der Waals surface area contributed by atoms with Gasteiger partial charge in [0.05, 0.1) is 29.5 Å². The van der Waals surface area contributed by atoms with Crippen molar-refractivity contribution >= 4 is 23.6 Å². The quantitative estimate of drug-likeness (QED) is 0.396. The first-order valence-electron chi connectivity index (χ1n) is 6.32. The topological polar surface area (TPSA) is 93.8 Å². The van der Waals surface area contributed by atoms with E-state index < -0.39 is 10.9 Å². The molecular formula is C15H13N3O4. The van der Waals surface area contributed by atoms with Gasteiger partial charge in [-0.2, -0.15) is 5.10 Å². The van der Waals surface area contributed by atoms with Crippen LogP contribution in [0.25, 0.3) is 0 Å². The molecule has 22 heavy (non-hydrogen) atoms. The van der Waals surface area contributed by atoms with Crippen LogP contribution < -0.4 is 5.43 Å². The lowest BCUT2D eigenvalue weighted by atomic mass is 10.1. The number of esters is 1. The Kier molecular flexibility index (Phi) is 4.81. The highest BCUT2D eigenvalue weighted by atomic mass is 16.6. The zero-order valence-electron chi connectivity index (χ0n) is 11.7. The van der Waals surface area contributed by atoms with Crippen molar-refractivity contribution in [1.29, 1.82) is 0 Å². The van der Waals surface area contributed by atoms with Gasteiger partial charge in [0.15, 0.2) is 0 Å². The molecule has 0 amide bonds. The number of methoxy groups -OCH3 is 1. The summed E-state index contributed by atoms with van der Waals surface area (Å²) in [5.74, 6) is -0.404. The number of hydrogen-bond acceptors (Lipinski definition) is 6. The summed E-state index contributed by atoms with van der Waals surface area (Å²) in [4.78, 5) is 21.5. The minimum absolute atomic E-state index is 0.0115. The molecule has 0 saturated heterocycles. The van der Waals surface area contributed by atoms with Crippen molar-refractivity contribution < 1.29 is 14.5 Å². The Morgan fingerprint density at radius 2 is 2.00 bits per heavy atom. The van der Waals surface area contributed by atoms with Gasteiger partial charge in [-0.3, -0.25) is 15.5 Å². The van der Waals surface area contributed by atoms with Gasteiger partial charge in [-0.05, 0) is 23.8 Å². The summed E-state index contributed by atoms with van der Waals surface area (Å²) in [6.07, 6.45) is 1.54. The van der Waals surface area contributed by atoms with Crippen molar-refractivity contribution in [2.45, 2.75) is 0 Å². The maximum absolute atomic E-state index is 11.3. The highest BCUT2D eigenvalue weighted by Gasteiger charge is 2.05. The number of non-ortho nitro benzene ring substituents is 1. The number of nitrogens with one attached hydrogen (secondary N) is 1. The Balaban J connectivity index is 2.02. The molecule has 0 spiro atoms. The number of nitro benzene ring substituents is 1. The summed E-state index contributed by atoms with van der Waals surface area (Å²) in [5.41, 5.74) is 4.43. The molecule has 0 atom stereocenters. The third-order valence-electron chi connectivity index (χ3n) is 2.80. The first-order valence-corrected chi connectivity index (χ1v) is 6.32. The summed E-state index contributed by atoms with van der Waals surface area (Å²) in [6.45, 7) is 0. The van der Waals surface area contributed by atoms with Gasteiger partial charge in [0.25, 0.3) is 5.69 Å². The summed E-state index contributed by atoms with van der Waals surface area (Å²) in [7, 11) is 1.32. The van der Waals surface area contributed by atoms with Gasteiger partial charge < -0.3 is 4.74 Å². The maximum atomic E-state index is 11.3. The summed E-state index contributed by atoms with van der Waals surface area (Å²) >= 11 is 0. The number of anilines is 1. The van der Waals surface area contributed by atoms with E-state index in [0.29, 0.717) is 11.3 Å². The van der Waals surface area contributed by atoms with Gasteiger partial charge in [-0.1, -0.05) is 18.2 Å². The summed E-state index contributed by atoms with van der Waals surface area (Å²) < 4.78 is 4.61. The van der Waals surface area contributed by atoms with E-state index in [0.717, 1.165) is 5.56 Å². The molecule has 2 aromatic rings. The second-order valence-corrected chi connectivity index (χ2v) is 4.29. The van der Waals surface area contributed by atoms with Crippen LogP contribution in [0.2, 0.25) is 0 Å². The number of carbonyl (C=O) groups excluding carboxylic acids is 1. The Labute approximate surface area is 126 Å². The number of benzene rings is 2. The van der Waals surface area contributed by atoms with Crippen LogP contribution in [-0.4, -0.2) is 24.2 Å². The molecule has 0 aliphatic rings. The third kappa shape index (κ3) is 3.89.